The number of non-ortho nitro benzene ring substituents is 1. The van der Waals surface area contributed by atoms with Gasteiger partial charge in [-0.25, -0.2) is 4.79 Å². The second-order valence-electron chi connectivity index (χ2n) is 6.01. The molecule has 0 aliphatic carbocycles. The Labute approximate surface area is 175 Å². The summed E-state index contributed by atoms with van der Waals surface area (Å²) in [5, 5.41) is 10.9. The zero-order valence-corrected chi connectivity index (χ0v) is 16.5. The first-order valence-electron chi connectivity index (χ1n) is 8.60. The minimum absolute atomic E-state index is 0.0769. The van der Waals surface area contributed by atoms with Crippen LogP contribution in [0.3, 0.4) is 0 Å². The van der Waals surface area contributed by atoms with Gasteiger partial charge in [-0.3, -0.25) is 24.6 Å². The fraction of sp³-hybridized carbons (Fsp3) is 0.100. The number of nitro benzene ring substituents is 1. The smallest absolute Gasteiger partial charge is 0.331 e. The van der Waals surface area contributed by atoms with Crippen molar-refractivity contribution < 1.29 is 24.0 Å². The van der Waals surface area contributed by atoms with Crippen molar-refractivity contribution in [3.05, 3.63) is 86.8 Å². The number of amides is 2. The van der Waals surface area contributed by atoms with Gasteiger partial charge in [0.1, 0.15) is 0 Å². The van der Waals surface area contributed by atoms with E-state index in [4.69, 9.17) is 0 Å². The third-order valence-electron chi connectivity index (χ3n) is 4.04. The highest BCUT2D eigenvalue weighted by atomic mass is 32.2. The minimum atomic E-state index is -0.701. The molecule has 10 heteroatoms. The normalized spacial score (nSPS) is 16.2. The van der Waals surface area contributed by atoms with Gasteiger partial charge in [0.25, 0.3) is 17.5 Å². The van der Waals surface area contributed by atoms with Crippen molar-refractivity contribution in [3.8, 4) is 0 Å². The molecule has 2 aromatic carbocycles. The second-order valence-corrected chi connectivity index (χ2v) is 7.02. The maximum Gasteiger partial charge on any atom is 0.331 e. The Morgan fingerprint density at radius 3 is 2.43 bits per heavy atom. The topological polar surface area (TPSA) is 119 Å². The molecular weight excluding hydrogens is 410 g/mol. The van der Waals surface area contributed by atoms with Crippen LogP contribution in [0.25, 0.3) is 0 Å². The number of amidine groups is 1. The number of hydrogen-bond acceptors (Lipinski definition) is 7. The number of rotatable bonds is 5. The fourth-order valence-corrected chi connectivity index (χ4v) is 3.48. The molecule has 0 N–H and O–H groups in total. The largest absolute Gasteiger partial charge is 0.466 e. The molecule has 0 spiro atoms. The Hall–Kier alpha value is -3.79. The molecule has 0 radical (unpaired) electrons. The van der Waals surface area contributed by atoms with Crippen LogP contribution >= 0.6 is 11.8 Å². The van der Waals surface area contributed by atoms with Crippen molar-refractivity contribution in [1.82, 2.24) is 4.90 Å². The third-order valence-corrected chi connectivity index (χ3v) is 5.05. The molecule has 152 valence electrons. The molecule has 1 aliphatic heterocycles. The molecular formula is C20H15N3O6S. The SMILES string of the molecule is COC(=O)/C=C1\SC(=NC(=O)c2ccc([N+](=O)[O-])cc2)N(Cc2ccccc2)C1=O. The van der Waals surface area contributed by atoms with Crippen molar-refractivity contribution in [2.24, 2.45) is 4.99 Å². The van der Waals surface area contributed by atoms with E-state index in [1.807, 2.05) is 30.3 Å². The summed E-state index contributed by atoms with van der Waals surface area (Å²) in [6.07, 6.45) is 1.05. The summed E-state index contributed by atoms with van der Waals surface area (Å²) < 4.78 is 4.57. The number of aliphatic imine (C=N–C) groups is 1. The molecule has 0 bridgehead atoms. The number of methoxy groups -OCH3 is 1. The number of esters is 1. The molecule has 0 unspecified atom stereocenters. The zero-order valence-electron chi connectivity index (χ0n) is 15.7. The van der Waals surface area contributed by atoms with Gasteiger partial charge in [-0.05, 0) is 29.5 Å². The third kappa shape index (κ3) is 4.78. The quantitative estimate of drug-likeness (QED) is 0.313. The van der Waals surface area contributed by atoms with Gasteiger partial charge in [-0.2, -0.15) is 4.99 Å². The van der Waals surface area contributed by atoms with E-state index in [0.717, 1.165) is 23.4 Å². The van der Waals surface area contributed by atoms with Crippen molar-refractivity contribution in [2.45, 2.75) is 6.54 Å². The first-order chi connectivity index (χ1) is 14.4. The van der Waals surface area contributed by atoms with Crippen LogP contribution in [0.4, 0.5) is 5.69 Å². The highest BCUT2D eigenvalue weighted by molar-refractivity contribution is 8.18. The number of thioether (sulfide) groups is 1. The highest BCUT2D eigenvalue weighted by Gasteiger charge is 2.34. The van der Waals surface area contributed by atoms with Gasteiger partial charge in [-0.15, -0.1) is 0 Å². The van der Waals surface area contributed by atoms with E-state index in [1.54, 1.807) is 0 Å². The molecule has 1 fully saturated rings. The Kier molecular flexibility index (Phi) is 6.38. The van der Waals surface area contributed by atoms with E-state index in [1.165, 1.54) is 36.3 Å². The van der Waals surface area contributed by atoms with Crippen molar-refractivity contribution >= 4 is 40.4 Å². The van der Waals surface area contributed by atoms with Gasteiger partial charge in [0.05, 0.1) is 23.5 Å². The van der Waals surface area contributed by atoms with Crippen LogP contribution in [0.15, 0.2) is 70.6 Å². The summed E-state index contributed by atoms with van der Waals surface area (Å²) in [7, 11) is 1.19. The molecule has 2 aromatic rings. The average molecular weight is 425 g/mol. The van der Waals surface area contributed by atoms with E-state index < -0.39 is 22.7 Å². The van der Waals surface area contributed by atoms with E-state index in [0.29, 0.717) is 0 Å². The lowest BCUT2D eigenvalue weighted by atomic mass is 10.2. The van der Waals surface area contributed by atoms with Gasteiger partial charge in [0, 0.05) is 23.8 Å². The lowest BCUT2D eigenvalue weighted by Crippen LogP contribution is -2.29. The van der Waals surface area contributed by atoms with Crippen LogP contribution < -0.4 is 0 Å². The highest BCUT2D eigenvalue weighted by Crippen LogP contribution is 2.32. The molecule has 1 saturated heterocycles. The molecule has 2 amide bonds. The number of benzene rings is 2. The van der Waals surface area contributed by atoms with E-state index in [9.17, 15) is 24.5 Å². The molecule has 30 heavy (non-hydrogen) atoms. The lowest BCUT2D eigenvalue weighted by Gasteiger charge is -2.15. The van der Waals surface area contributed by atoms with Crippen LogP contribution in [0.1, 0.15) is 15.9 Å². The monoisotopic (exact) mass is 425 g/mol. The van der Waals surface area contributed by atoms with Crippen LogP contribution in [-0.2, 0) is 20.9 Å². The van der Waals surface area contributed by atoms with Gasteiger partial charge in [-0.1, -0.05) is 30.3 Å². The zero-order chi connectivity index (χ0) is 21.7. The first-order valence-corrected chi connectivity index (χ1v) is 9.41. The molecule has 0 saturated carbocycles. The van der Waals surface area contributed by atoms with Gasteiger partial charge in [0.2, 0.25) is 0 Å². The molecule has 0 atom stereocenters. The second kappa shape index (κ2) is 9.14. The standard InChI is InChI=1S/C20H15N3O6S/c1-29-17(24)11-16-19(26)22(12-13-5-3-2-4-6-13)20(30-16)21-18(25)14-7-9-15(10-8-14)23(27)28/h2-11H,12H2,1H3/b16-11-,21-20?. The van der Waals surface area contributed by atoms with E-state index in [-0.39, 0.29) is 27.9 Å². The minimum Gasteiger partial charge on any atom is -0.466 e. The molecule has 3 rings (SSSR count). The first kappa shape index (κ1) is 20.9. The number of hydrogen-bond donors (Lipinski definition) is 0. The maximum absolute atomic E-state index is 12.8. The number of carbonyl (C=O) groups excluding carboxylic acids is 3. The Bertz CT molecular complexity index is 1060. The maximum atomic E-state index is 12.8. The van der Waals surface area contributed by atoms with Gasteiger partial charge < -0.3 is 4.74 Å². The van der Waals surface area contributed by atoms with Crippen molar-refractivity contribution in [2.75, 3.05) is 7.11 Å². The number of ether oxygens (including phenoxy) is 1. The van der Waals surface area contributed by atoms with Crippen LogP contribution in [0.2, 0.25) is 0 Å². The number of nitrogens with zero attached hydrogens (tertiary/aromatic N) is 3. The Balaban J connectivity index is 1.92. The van der Waals surface area contributed by atoms with Crippen molar-refractivity contribution in [3.63, 3.8) is 0 Å². The van der Waals surface area contributed by atoms with E-state index in [2.05, 4.69) is 9.73 Å². The van der Waals surface area contributed by atoms with Crippen molar-refractivity contribution in [1.29, 1.82) is 0 Å². The predicted octanol–water partition coefficient (Wildman–Crippen LogP) is 2.92. The summed E-state index contributed by atoms with van der Waals surface area (Å²) in [6.45, 7) is 0.150. The Morgan fingerprint density at radius 2 is 1.83 bits per heavy atom. The molecule has 9 nitrogen and oxygen atoms in total. The molecule has 1 heterocycles. The lowest BCUT2D eigenvalue weighted by molar-refractivity contribution is -0.384. The summed E-state index contributed by atoms with van der Waals surface area (Å²) >= 11 is 0.878. The summed E-state index contributed by atoms with van der Waals surface area (Å²) in [5.41, 5.74) is 0.783. The number of carbonyl (C=O) groups is 3. The summed E-state index contributed by atoms with van der Waals surface area (Å²) in [4.78, 5) is 52.5. The predicted molar refractivity (Wildman–Crippen MR) is 110 cm³/mol. The van der Waals surface area contributed by atoms with Gasteiger partial charge >= 0.3 is 5.97 Å². The average Bonchev–Trinajstić information content (AvgIpc) is 3.03. The number of nitro groups is 1. The van der Waals surface area contributed by atoms with Gasteiger partial charge in [0.15, 0.2) is 5.17 Å². The van der Waals surface area contributed by atoms with Crippen LogP contribution in [0, 0.1) is 10.1 Å². The summed E-state index contributed by atoms with van der Waals surface area (Å²) in [5.74, 6) is -1.85. The molecule has 0 aromatic heterocycles. The van der Waals surface area contributed by atoms with E-state index >= 15 is 0 Å². The fourth-order valence-electron chi connectivity index (χ4n) is 2.54. The van der Waals surface area contributed by atoms with Crippen LogP contribution in [0.5, 0.6) is 0 Å². The van der Waals surface area contributed by atoms with Crippen LogP contribution in [-0.4, -0.2) is 39.9 Å². The Morgan fingerprint density at radius 1 is 1.17 bits per heavy atom. The summed E-state index contributed by atoms with van der Waals surface area (Å²) in [6, 6.07) is 14.1. The molecule has 1 aliphatic rings.